The zero-order valence-corrected chi connectivity index (χ0v) is 16.0. The van der Waals surface area contributed by atoms with Gasteiger partial charge >= 0.3 is 0 Å². The first-order chi connectivity index (χ1) is 14.1. The minimum atomic E-state index is -0.205. The maximum Gasteiger partial charge on any atom is 0.255 e. The first-order valence-corrected chi connectivity index (χ1v) is 9.40. The molecular formula is C23H22N4O2. The fourth-order valence-corrected chi connectivity index (χ4v) is 3.40. The molecule has 2 aromatic carbocycles. The molecule has 2 aromatic heterocycles. The monoisotopic (exact) mass is 386 g/mol. The largest absolute Gasteiger partial charge is 0.392 e. The number of benzene rings is 2. The number of nitrogens with zero attached hydrogens (tertiary/aromatic N) is 1. The molecule has 0 radical (unpaired) electrons. The molecular weight excluding hydrogens is 364 g/mol. The number of H-pyrrole nitrogens is 1. The minimum Gasteiger partial charge on any atom is -0.392 e. The van der Waals surface area contributed by atoms with E-state index < -0.39 is 0 Å². The van der Waals surface area contributed by atoms with Crippen molar-refractivity contribution in [3.63, 3.8) is 0 Å². The number of fused-ring (bicyclic) bond motifs is 1. The molecule has 0 aliphatic carbocycles. The lowest BCUT2D eigenvalue weighted by molar-refractivity contribution is 0.102. The van der Waals surface area contributed by atoms with Gasteiger partial charge in [-0.1, -0.05) is 30.3 Å². The summed E-state index contributed by atoms with van der Waals surface area (Å²) in [7, 11) is 0. The van der Waals surface area contributed by atoms with Crippen LogP contribution in [0.3, 0.4) is 0 Å². The van der Waals surface area contributed by atoms with Gasteiger partial charge in [0.15, 0.2) is 0 Å². The van der Waals surface area contributed by atoms with E-state index in [4.69, 9.17) is 5.73 Å². The van der Waals surface area contributed by atoms with Gasteiger partial charge in [0.1, 0.15) is 5.65 Å². The van der Waals surface area contributed by atoms with E-state index in [1.54, 1.807) is 24.5 Å². The van der Waals surface area contributed by atoms with Gasteiger partial charge in [-0.3, -0.25) is 4.79 Å². The van der Waals surface area contributed by atoms with Crippen LogP contribution in [0.2, 0.25) is 0 Å². The van der Waals surface area contributed by atoms with E-state index in [0.29, 0.717) is 11.3 Å². The average Bonchev–Trinajstić information content (AvgIpc) is 3.23. The molecule has 1 amide bonds. The van der Waals surface area contributed by atoms with Crippen molar-refractivity contribution < 1.29 is 9.90 Å². The molecule has 6 heteroatoms. The van der Waals surface area contributed by atoms with Crippen LogP contribution in [0.25, 0.3) is 22.2 Å². The molecule has 29 heavy (non-hydrogen) atoms. The van der Waals surface area contributed by atoms with E-state index in [1.165, 1.54) is 0 Å². The second kappa shape index (κ2) is 7.87. The molecule has 0 saturated carbocycles. The lowest BCUT2D eigenvalue weighted by Gasteiger charge is -2.15. The molecule has 2 heterocycles. The molecule has 0 aliphatic heterocycles. The number of aromatic nitrogens is 2. The van der Waals surface area contributed by atoms with Crippen molar-refractivity contribution in [2.24, 2.45) is 5.73 Å². The molecule has 4 aromatic rings. The fraction of sp³-hybridized carbons (Fsp3) is 0.130. The first-order valence-electron chi connectivity index (χ1n) is 9.40. The molecule has 6 nitrogen and oxygen atoms in total. The van der Waals surface area contributed by atoms with Crippen LogP contribution in [-0.2, 0) is 6.61 Å². The third kappa shape index (κ3) is 3.76. The number of hydrogen-bond acceptors (Lipinski definition) is 4. The van der Waals surface area contributed by atoms with Crippen molar-refractivity contribution in [3.05, 3.63) is 83.7 Å². The number of carbonyl (C=O) groups excluding carboxylic acids is 1. The number of anilines is 1. The topological polar surface area (TPSA) is 104 Å². The molecule has 0 aliphatic rings. The molecule has 1 atom stereocenters. The van der Waals surface area contributed by atoms with Crippen LogP contribution in [0.15, 0.2) is 67.0 Å². The van der Waals surface area contributed by atoms with E-state index in [0.717, 1.165) is 33.3 Å². The van der Waals surface area contributed by atoms with E-state index in [9.17, 15) is 9.90 Å². The summed E-state index contributed by atoms with van der Waals surface area (Å²) >= 11 is 0. The summed E-state index contributed by atoms with van der Waals surface area (Å²) in [6, 6.07) is 16.6. The normalized spacial score (nSPS) is 12.1. The van der Waals surface area contributed by atoms with Gasteiger partial charge in [-0.2, -0.15) is 0 Å². The Morgan fingerprint density at radius 1 is 1.17 bits per heavy atom. The van der Waals surface area contributed by atoms with Gasteiger partial charge in [-0.15, -0.1) is 0 Å². The zero-order chi connectivity index (χ0) is 20.4. The second-order valence-electron chi connectivity index (χ2n) is 7.00. The van der Waals surface area contributed by atoms with Gasteiger partial charge in [-0.05, 0) is 53.4 Å². The van der Waals surface area contributed by atoms with Gasteiger partial charge in [0.2, 0.25) is 0 Å². The van der Waals surface area contributed by atoms with Crippen LogP contribution >= 0.6 is 0 Å². The molecule has 146 valence electrons. The standard InChI is InChI=1S/C23H22N4O2/c1-14(24)18-7-6-17(12-20(18)16-4-2-15(13-28)3-5-16)23(29)27-21-9-11-26-22-19(21)8-10-25-22/h2-12,14,28H,13,24H2,1H3,(H2,25,26,27,29). The van der Waals surface area contributed by atoms with Crippen molar-refractivity contribution >= 4 is 22.6 Å². The van der Waals surface area contributed by atoms with Crippen molar-refractivity contribution in [1.29, 1.82) is 0 Å². The van der Waals surface area contributed by atoms with E-state index >= 15 is 0 Å². The zero-order valence-electron chi connectivity index (χ0n) is 16.0. The second-order valence-corrected chi connectivity index (χ2v) is 7.00. The summed E-state index contributed by atoms with van der Waals surface area (Å²) < 4.78 is 0. The molecule has 4 rings (SSSR count). The smallest absolute Gasteiger partial charge is 0.255 e. The molecule has 0 fully saturated rings. The maximum absolute atomic E-state index is 12.9. The maximum atomic E-state index is 12.9. The Balaban J connectivity index is 1.70. The first kappa shape index (κ1) is 18.9. The molecule has 1 unspecified atom stereocenters. The highest BCUT2D eigenvalue weighted by Crippen LogP contribution is 2.30. The third-order valence-electron chi connectivity index (χ3n) is 4.96. The van der Waals surface area contributed by atoms with Gasteiger partial charge < -0.3 is 21.1 Å². The van der Waals surface area contributed by atoms with Gasteiger partial charge in [0.25, 0.3) is 5.91 Å². The average molecular weight is 386 g/mol. The lowest BCUT2D eigenvalue weighted by atomic mass is 9.93. The van der Waals surface area contributed by atoms with Crippen LogP contribution in [-0.4, -0.2) is 21.0 Å². The Morgan fingerprint density at radius 3 is 2.69 bits per heavy atom. The Labute approximate surface area is 168 Å². The van der Waals surface area contributed by atoms with Crippen LogP contribution < -0.4 is 11.1 Å². The Hall–Kier alpha value is -3.48. The summed E-state index contributed by atoms with van der Waals surface area (Å²) in [5.41, 5.74) is 11.8. The van der Waals surface area contributed by atoms with Crippen LogP contribution in [0.1, 0.15) is 34.5 Å². The van der Waals surface area contributed by atoms with Crippen LogP contribution in [0.5, 0.6) is 0 Å². The highest BCUT2D eigenvalue weighted by Gasteiger charge is 2.15. The Kier molecular flexibility index (Phi) is 5.12. The SMILES string of the molecule is CC(N)c1ccc(C(=O)Nc2ccnc3[nH]ccc23)cc1-c1ccc(CO)cc1. The number of aliphatic hydroxyl groups is 1. The van der Waals surface area contributed by atoms with Gasteiger partial charge in [0, 0.05) is 29.4 Å². The number of aliphatic hydroxyl groups excluding tert-OH is 1. The van der Waals surface area contributed by atoms with Crippen molar-refractivity contribution in [3.8, 4) is 11.1 Å². The van der Waals surface area contributed by atoms with E-state index in [-0.39, 0.29) is 18.6 Å². The van der Waals surface area contributed by atoms with E-state index in [1.807, 2.05) is 49.4 Å². The summed E-state index contributed by atoms with van der Waals surface area (Å²) in [6.07, 6.45) is 3.45. The van der Waals surface area contributed by atoms with Crippen molar-refractivity contribution in [1.82, 2.24) is 9.97 Å². The number of carbonyl (C=O) groups is 1. The number of nitrogens with one attached hydrogen (secondary N) is 2. The Morgan fingerprint density at radius 2 is 1.97 bits per heavy atom. The quantitative estimate of drug-likeness (QED) is 0.416. The summed E-state index contributed by atoms with van der Waals surface area (Å²) in [6.45, 7) is 1.91. The van der Waals surface area contributed by atoms with Crippen molar-refractivity contribution in [2.45, 2.75) is 19.6 Å². The highest BCUT2D eigenvalue weighted by atomic mass is 16.3. The predicted molar refractivity (Wildman–Crippen MR) is 114 cm³/mol. The molecule has 5 N–H and O–H groups in total. The van der Waals surface area contributed by atoms with Crippen LogP contribution in [0.4, 0.5) is 5.69 Å². The summed E-state index contributed by atoms with van der Waals surface area (Å²) in [5, 5.41) is 13.1. The molecule has 0 bridgehead atoms. The van der Waals surface area contributed by atoms with Gasteiger partial charge in [0.05, 0.1) is 12.3 Å². The van der Waals surface area contributed by atoms with Crippen molar-refractivity contribution in [2.75, 3.05) is 5.32 Å². The van der Waals surface area contributed by atoms with E-state index in [2.05, 4.69) is 15.3 Å². The summed E-state index contributed by atoms with van der Waals surface area (Å²) in [5.74, 6) is -0.205. The number of aromatic amines is 1. The molecule has 0 spiro atoms. The highest BCUT2D eigenvalue weighted by molar-refractivity contribution is 6.08. The lowest BCUT2D eigenvalue weighted by Crippen LogP contribution is -2.14. The number of hydrogen-bond donors (Lipinski definition) is 4. The number of rotatable bonds is 5. The Bertz CT molecular complexity index is 1160. The molecule has 0 saturated heterocycles. The summed E-state index contributed by atoms with van der Waals surface area (Å²) in [4.78, 5) is 20.2. The van der Waals surface area contributed by atoms with Crippen LogP contribution in [0, 0.1) is 0 Å². The predicted octanol–water partition coefficient (Wildman–Crippen LogP) is 3.99. The van der Waals surface area contributed by atoms with Gasteiger partial charge in [-0.25, -0.2) is 4.98 Å². The third-order valence-corrected chi connectivity index (χ3v) is 4.96. The number of pyridine rings is 1. The number of amides is 1. The number of nitrogens with two attached hydrogens (primary N) is 1. The minimum absolute atomic E-state index is 0.0115. The fourth-order valence-electron chi connectivity index (χ4n) is 3.40.